The first kappa shape index (κ1) is 10.2. The van der Waals surface area contributed by atoms with Crippen LogP contribution in [0.3, 0.4) is 0 Å². The normalized spacial score (nSPS) is 20.1. The van der Waals surface area contributed by atoms with Crippen LogP contribution in [-0.2, 0) is 12.8 Å². The van der Waals surface area contributed by atoms with Crippen molar-refractivity contribution in [2.45, 2.75) is 18.9 Å². The number of nitrogens with zero attached hydrogens (tertiary/aromatic N) is 1. The van der Waals surface area contributed by atoms with Gasteiger partial charge in [-0.2, -0.15) is 0 Å². The fraction of sp³-hybridized carbons (Fsp3) is 0.250. The Morgan fingerprint density at radius 3 is 2.83 bits per heavy atom. The number of phenolic OH excluding ortho intramolecular Hbond substituents is 1. The molecule has 90 valence electrons. The van der Waals surface area contributed by atoms with Gasteiger partial charge in [0.15, 0.2) is 0 Å². The fourth-order valence-corrected chi connectivity index (χ4v) is 3.32. The van der Waals surface area contributed by atoms with Crippen LogP contribution >= 0.6 is 0 Å². The SMILES string of the molecule is Oc1cccc2c1-c1cccc3c1C(C2)[N-]CC3. The molecule has 0 saturated heterocycles. The van der Waals surface area contributed by atoms with Gasteiger partial charge in [-0.15, -0.1) is 12.6 Å². The molecule has 1 unspecified atom stereocenters. The first-order chi connectivity index (χ1) is 8.84. The fourth-order valence-electron chi connectivity index (χ4n) is 3.32. The zero-order valence-electron chi connectivity index (χ0n) is 10.1. The summed E-state index contributed by atoms with van der Waals surface area (Å²) in [7, 11) is 0. The summed E-state index contributed by atoms with van der Waals surface area (Å²) >= 11 is 0. The topological polar surface area (TPSA) is 34.3 Å². The van der Waals surface area contributed by atoms with Crippen molar-refractivity contribution in [3.05, 3.63) is 58.4 Å². The summed E-state index contributed by atoms with van der Waals surface area (Å²) in [6.45, 7) is 0.926. The number of benzene rings is 2. The molecule has 2 aromatic carbocycles. The van der Waals surface area contributed by atoms with E-state index in [-0.39, 0.29) is 0 Å². The van der Waals surface area contributed by atoms with E-state index in [1.807, 2.05) is 6.07 Å². The summed E-state index contributed by atoms with van der Waals surface area (Å²) in [4.78, 5) is 0. The quantitative estimate of drug-likeness (QED) is 0.745. The molecule has 2 aromatic rings. The molecule has 1 aliphatic carbocycles. The maximum absolute atomic E-state index is 10.1. The van der Waals surface area contributed by atoms with E-state index < -0.39 is 0 Å². The van der Waals surface area contributed by atoms with E-state index in [4.69, 9.17) is 5.32 Å². The van der Waals surface area contributed by atoms with Gasteiger partial charge in [0.25, 0.3) is 0 Å². The lowest BCUT2D eigenvalue weighted by Crippen LogP contribution is -2.18. The molecule has 0 aromatic heterocycles. The Morgan fingerprint density at radius 1 is 1.06 bits per heavy atom. The van der Waals surface area contributed by atoms with E-state index in [0.29, 0.717) is 11.8 Å². The highest BCUT2D eigenvalue weighted by Crippen LogP contribution is 2.48. The lowest BCUT2D eigenvalue weighted by atomic mass is 9.78. The monoisotopic (exact) mass is 236 g/mol. The van der Waals surface area contributed by atoms with E-state index in [1.165, 1.54) is 22.3 Å². The second-order valence-corrected chi connectivity index (χ2v) is 5.07. The first-order valence-electron chi connectivity index (χ1n) is 6.44. The van der Waals surface area contributed by atoms with Gasteiger partial charge in [0, 0.05) is 5.56 Å². The molecule has 0 saturated carbocycles. The third kappa shape index (κ3) is 1.27. The third-order valence-corrected chi connectivity index (χ3v) is 4.07. The molecule has 1 heterocycles. The zero-order chi connectivity index (χ0) is 12.1. The Morgan fingerprint density at radius 2 is 1.89 bits per heavy atom. The molecule has 2 heteroatoms. The van der Waals surface area contributed by atoms with Crippen LogP contribution in [0, 0.1) is 0 Å². The largest absolute Gasteiger partial charge is 0.655 e. The molecule has 2 aliphatic rings. The van der Waals surface area contributed by atoms with Crippen molar-refractivity contribution < 1.29 is 5.11 Å². The van der Waals surface area contributed by atoms with Crippen LogP contribution < -0.4 is 0 Å². The van der Waals surface area contributed by atoms with Crippen LogP contribution in [0.1, 0.15) is 22.7 Å². The van der Waals surface area contributed by atoms with Crippen molar-refractivity contribution in [1.29, 1.82) is 0 Å². The molecule has 18 heavy (non-hydrogen) atoms. The minimum atomic E-state index is 0.291. The number of rotatable bonds is 0. The van der Waals surface area contributed by atoms with E-state index in [2.05, 4.69) is 24.3 Å². The highest BCUT2D eigenvalue weighted by molar-refractivity contribution is 5.80. The van der Waals surface area contributed by atoms with Crippen molar-refractivity contribution in [2.75, 3.05) is 6.54 Å². The maximum atomic E-state index is 10.1. The lowest BCUT2D eigenvalue weighted by Gasteiger charge is -2.43. The van der Waals surface area contributed by atoms with Gasteiger partial charge in [0.1, 0.15) is 5.75 Å². The van der Waals surface area contributed by atoms with E-state index >= 15 is 0 Å². The molecular formula is C16H14NO-. The van der Waals surface area contributed by atoms with Gasteiger partial charge in [-0.3, -0.25) is 0 Å². The smallest absolute Gasteiger partial charge is 0.123 e. The summed E-state index contributed by atoms with van der Waals surface area (Å²) in [5.74, 6) is 0.393. The predicted molar refractivity (Wildman–Crippen MR) is 71.9 cm³/mol. The minimum absolute atomic E-state index is 0.291. The summed E-state index contributed by atoms with van der Waals surface area (Å²) in [5.41, 5.74) is 6.16. The Kier molecular flexibility index (Phi) is 2.03. The van der Waals surface area contributed by atoms with Crippen molar-refractivity contribution in [3.8, 4) is 16.9 Å². The first-order valence-corrected chi connectivity index (χ1v) is 6.44. The van der Waals surface area contributed by atoms with Gasteiger partial charge in [-0.05, 0) is 35.6 Å². The van der Waals surface area contributed by atoms with Gasteiger partial charge < -0.3 is 10.4 Å². The average Bonchev–Trinajstić information content (AvgIpc) is 2.39. The molecule has 0 amide bonds. The Bertz CT molecular complexity index is 633. The second-order valence-electron chi connectivity index (χ2n) is 5.07. The lowest BCUT2D eigenvalue weighted by molar-refractivity contribution is 0.475. The molecular weight excluding hydrogens is 222 g/mol. The van der Waals surface area contributed by atoms with Gasteiger partial charge in [-0.25, -0.2) is 0 Å². The number of phenols is 1. The minimum Gasteiger partial charge on any atom is -0.655 e. The Hall–Kier alpha value is -1.80. The molecule has 1 atom stereocenters. The van der Waals surface area contributed by atoms with Crippen LogP contribution in [0.2, 0.25) is 0 Å². The van der Waals surface area contributed by atoms with Crippen molar-refractivity contribution in [3.63, 3.8) is 0 Å². The van der Waals surface area contributed by atoms with Crippen LogP contribution in [0.5, 0.6) is 5.75 Å². The predicted octanol–water partition coefficient (Wildman–Crippen LogP) is 3.59. The number of hydrogen-bond donors (Lipinski definition) is 1. The molecule has 4 rings (SSSR count). The van der Waals surface area contributed by atoms with Crippen LogP contribution in [0.15, 0.2) is 36.4 Å². The van der Waals surface area contributed by atoms with Crippen LogP contribution in [0.25, 0.3) is 16.4 Å². The molecule has 0 bridgehead atoms. The van der Waals surface area contributed by atoms with E-state index in [9.17, 15) is 5.11 Å². The number of hydrogen-bond acceptors (Lipinski definition) is 1. The Labute approximate surface area is 106 Å². The third-order valence-electron chi connectivity index (χ3n) is 4.07. The van der Waals surface area contributed by atoms with Crippen LogP contribution in [0.4, 0.5) is 0 Å². The number of aromatic hydroxyl groups is 1. The summed E-state index contributed by atoms with van der Waals surface area (Å²) < 4.78 is 0. The molecule has 1 N–H and O–H groups in total. The van der Waals surface area contributed by atoms with Gasteiger partial charge in [0.2, 0.25) is 0 Å². The molecule has 0 spiro atoms. The maximum Gasteiger partial charge on any atom is 0.123 e. The highest BCUT2D eigenvalue weighted by Gasteiger charge is 2.25. The van der Waals surface area contributed by atoms with Crippen LogP contribution in [-0.4, -0.2) is 11.7 Å². The number of fused-ring (bicyclic) bond motifs is 2. The van der Waals surface area contributed by atoms with Crippen molar-refractivity contribution in [2.24, 2.45) is 0 Å². The molecule has 0 fully saturated rings. The van der Waals surface area contributed by atoms with Gasteiger partial charge >= 0.3 is 0 Å². The Balaban J connectivity index is 2.06. The van der Waals surface area contributed by atoms with Crippen molar-refractivity contribution in [1.82, 2.24) is 0 Å². The van der Waals surface area contributed by atoms with E-state index in [0.717, 1.165) is 24.9 Å². The standard InChI is InChI=1S/C16H14NO/c18-14-6-2-4-11-9-13-15-10(7-8-17-13)3-1-5-12(15)16(11)14/h1-6,13,18H,7-9H2/q-1. The second kappa shape index (κ2) is 3.59. The molecule has 1 aliphatic heterocycles. The zero-order valence-corrected chi connectivity index (χ0v) is 10.1. The molecule has 0 radical (unpaired) electrons. The van der Waals surface area contributed by atoms with E-state index in [1.54, 1.807) is 6.07 Å². The molecule has 2 nitrogen and oxygen atoms in total. The van der Waals surface area contributed by atoms with Gasteiger partial charge in [0.05, 0.1) is 0 Å². The summed E-state index contributed by atoms with van der Waals surface area (Å²) in [5, 5.41) is 14.9. The van der Waals surface area contributed by atoms with Crippen molar-refractivity contribution >= 4 is 0 Å². The summed E-state index contributed by atoms with van der Waals surface area (Å²) in [6.07, 6.45) is 1.95. The summed E-state index contributed by atoms with van der Waals surface area (Å²) in [6, 6.07) is 12.5. The highest BCUT2D eigenvalue weighted by atomic mass is 16.3. The van der Waals surface area contributed by atoms with Gasteiger partial charge in [-0.1, -0.05) is 35.9 Å². The average molecular weight is 236 g/mol.